The maximum Gasteiger partial charge on any atom is 0.270 e. The molecule has 0 fully saturated rings. The van der Waals surface area contributed by atoms with Crippen LogP contribution in [0.1, 0.15) is 16.5 Å². The Morgan fingerprint density at radius 1 is 1.07 bits per heavy atom. The van der Waals surface area contributed by atoms with Gasteiger partial charge in [0.05, 0.1) is 0 Å². The summed E-state index contributed by atoms with van der Waals surface area (Å²) in [5.74, 6) is -1.51. The van der Waals surface area contributed by atoms with Gasteiger partial charge in [-0.3, -0.25) is 4.79 Å². The molecular weight excluding hydrogens is 402 g/mol. The maximum absolute atomic E-state index is 14.0. The molecule has 1 atom stereocenters. The SMILES string of the molecule is COCC(=O)N1N=C(c2cc(F)ccc2F)SC1c1ccccc1.COCOC. The molecule has 1 amide bonds. The molecule has 0 saturated carbocycles. The van der Waals surface area contributed by atoms with E-state index in [1.54, 1.807) is 14.2 Å². The molecule has 1 unspecified atom stereocenters. The molecular formula is C20H22F2N2O4S. The minimum Gasteiger partial charge on any atom is -0.375 e. The molecule has 156 valence electrons. The van der Waals surface area contributed by atoms with Crippen LogP contribution in [0, 0.1) is 11.6 Å². The Bertz CT molecular complexity index is 834. The van der Waals surface area contributed by atoms with Crippen molar-refractivity contribution in [3.05, 3.63) is 71.3 Å². The lowest BCUT2D eigenvalue weighted by Crippen LogP contribution is -2.29. The van der Waals surface area contributed by atoms with E-state index in [0.717, 1.165) is 23.8 Å². The summed E-state index contributed by atoms with van der Waals surface area (Å²) >= 11 is 1.19. The number of ether oxygens (including phenoxy) is 3. The molecule has 3 rings (SSSR count). The molecule has 0 radical (unpaired) electrons. The molecule has 2 aromatic rings. The van der Waals surface area contributed by atoms with Crippen molar-refractivity contribution in [3.8, 4) is 0 Å². The summed E-state index contributed by atoms with van der Waals surface area (Å²) in [6, 6.07) is 12.4. The van der Waals surface area contributed by atoms with E-state index in [4.69, 9.17) is 4.74 Å². The summed E-state index contributed by atoms with van der Waals surface area (Å²) < 4.78 is 41.3. The van der Waals surface area contributed by atoms with Gasteiger partial charge in [0.25, 0.3) is 5.91 Å². The van der Waals surface area contributed by atoms with Crippen molar-refractivity contribution in [2.45, 2.75) is 5.37 Å². The van der Waals surface area contributed by atoms with Crippen molar-refractivity contribution in [1.29, 1.82) is 0 Å². The highest BCUT2D eigenvalue weighted by atomic mass is 32.2. The molecule has 1 aliphatic heterocycles. The zero-order valence-electron chi connectivity index (χ0n) is 16.3. The Morgan fingerprint density at radius 3 is 2.34 bits per heavy atom. The van der Waals surface area contributed by atoms with Crippen LogP contribution < -0.4 is 0 Å². The van der Waals surface area contributed by atoms with Crippen LogP contribution in [0.4, 0.5) is 8.78 Å². The van der Waals surface area contributed by atoms with Gasteiger partial charge in [-0.1, -0.05) is 42.1 Å². The zero-order chi connectivity index (χ0) is 21.2. The third-order valence-corrected chi connectivity index (χ3v) is 4.87. The predicted octanol–water partition coefficient (Wildman–Crippen LogP) is 3.78. The van der Waals surface area contributed by atoms with Crippen LogP contribution in [0.15, 0.2) is 53.6 Å². The quantitative estimate of drug-likeness (QED) is 0.661. The van der Waals surface area contributed by atoms with Gasteiger partial charge in [0.15, 0.2) is 0 Å². The van der Waals surface area contributed by atoms with Crippen molar-refractivity contribution in [2.75, 3.05) is 34.7 Å². The van der Waals surface area contributed by atoms with Crippen LogP contribution in [0.2, 0.25) is 0 Å². The third-order valence-electron chi connectivity index (χ3n) is 3.65. The van der Waals surface area contributed by atoms with E-state index in [9.17, 15) is 13.6 Å². The maximum atomic E-state index is 14.0. The van der Waals surface area contributed by atoms with Gasteiger partial charge in [0.2, 0.25) is 0 Å². The predicted molar refractivity (Wildman–Crippen MR) is 107 cm³/mol. The van der Waals surface area contributed by atoms with Crippen molar-refractivity contribution < 1.29 is 27.8 Å². The van der Waals surface area contributed by atoms with Gasteiger partial charge >= 0.3 is 0 Å². The van der Waals surface area contributed by atoms with Gasteiger partial charge < -0.3 is 14.2 Å². The molecule has 29 heavy (non-hydrogen) atoms. The Kier molecular flexibility index (Phi) is 9.20. The summed E-state index contributed by atoms with van der Waals surface area (Å²) in [7, 11) is 4.59. The summed E-state index contributed by atoms with van der Waals surface area (Å²) in [5.41, 5.74) is 0.871. The second-order valence-corrected chi connectivity index (χ2v) is 6.85. The lowest BCUT2D eigenvalue weighted by atomic mass is 10.2. The number of carbonyl (C=O) groups excluding carboxylic acids is 1. The van der Waals surface area contributed by atoms with Gasteiger partial charge in [-0.2, -0.15) is 5.10 Å². The molecule has 2 aromatic carbocycles. The van der Waals surface area contributed by atoms with Crippen LogP contribution >= 0.6 is 11.8 Å². The van der Waals surface area contributed by atoms with E-state index < -0.39 is 17.0 Å². The van der Waals surface area contributed by atoms with Crippen molar-refractivity contribution in [2.24, 2.45) is 5.10 Å². The molecule has 0 spiro atoms. The second-order valence-electron chi connectivity index (χ2n) is 5.78. The normalized spacial score (nSPS) is 15.6. The fraction of sp³-hybridized carbons (Fsp3) is 0.300. The highest BCUT2D eigenvalue weighted by Gasteiger charge is 2.34. The third kappa shape index (κ3) is 6.33. The smallest absolute Gasteiger partial charge is 0.270 e. The van der Waals surface area contributed by atoms with Gasteiger partial charge in [0.1, 0.15) is 35.5 Å². The van der Waals surface area contributed by atoms with Crippen molar-refractivity contribution in [1.82, 2.24) is 5.01 Å². The fourth-order valence-electron chi connectivity index (χ4n) is 2.43. The summed E-state index contributed by atoms with van der Waals surface area (Å²) in [6.07, 6.45) is 0. The first kappa shape index (κ1) is 23.0. The number of hydrogen-bond donors (Lipinski definition) is 0. The lowest BCUT2D eigenvalue weighted by molar-refractivity contribution is -0.135. The number of benzene rings is 2. The Balaban J connectivity index is 0.000000537. The Morgan fingerprint density at radius 2 is 1.76 bits per heavy atom. The first-order chi connectivity index (χ1) is 14.0. The highest BCUT2D eigenvalue weighted by Crippen LogP contribution is 2.41. The van der Waals surface area contributed by atoms with Crippen LogP contribution in [-0.4, -0.2) is 50.7 Å². The minimum absolute atomic E-state index is 0.0358. The summed E-state index contributed by atoms with van der Waals surface area (Å²) in [5, 5.41) is 5.27. The number of hydrogen-bond acceptors (Lipinski definition) is 6. The van der Waals surface area contributed by atoms with Gasteiger partial charge in [0, 0.05) is 26.9 Å². The zero-order valence-corrected chi connectivity index (χ0v) is 17.1. The Labute approximate surface area is 172 Å². The molecule has 0 saturated heterocycles. The monoisotopic (exact) mass is 424 g/mol. The molecule has 6 nitrogen and oxygen atoms in total. The fourth-order valence-corrected chi connectivity index (χ4v) is 3.62. The van der Waals surface area contributed by atoms with Gasteiger partial charge in [-0.15, -0.1) is 0 Å². The topological polar surface area (TPSA) is 60.4 Å². The van der Waals surface area contributed by atoms with Crippen LogP contribution in [0.25, 0.3) is 0 Å². The number of amides is 1. The molecule has 0 aromatic heterocycles. The van der Waals surface area contributed by atoms with Gasteiger partial charge in [-0.25, -0.2) is 13.8 Å². The lowest BCUT2D eigenvalue weighted by Gasteiger charge is -2.20. The highest BCUT2D eigenvalue weighted by molar-refractivity contribution is 8.14. The van der Waals surface area contributed by atoms with Crippen LogP contribution in [0.5, 0.6) is 0 Å². The van der Waals surface area contributed by atoms with E-state index in [1.807, 2.05) is 30.3 Å². The number of nitrogens with zero attached hydrogens (tertiary/aromatic N) is 2. The number of methoxy groups -OCH3 is 3. The minimum atomic E-state index is -0.587. The molecule has 1 aliphatic rings. The average Bonchev–Trinajstić information content (AvgIpc) is 3.17. The largest absolute Gasteiger partial charge is 0.375 e. The van der Waals surface area contributed by atoms with E-state index in [2.05, 4.69) is 14.6 Å². The van der Waals surface area contributed by atoms with E-state index >= 15 is 0 Å². The van der Waals surface area contributed by atoms with Crippen molar-refractivity contribution >= 4 is 22.7 Å². The first-order valence-electron chi connectivity index (χ1n) is 8.56. The van der Waals surface area contributed by atoms with E-state index in [1.165, 1.54) is 23.9 Å². The number of hydrazone groups is 1. The second kappa shape index (κ2) is 11.6. The molecule has 0 bridgehead atoms. The number of rotatable bonds is 6. The molecule has 1 heterocycles. The molecule has 0 N–H and O–H groups in total. The van der Waals surface area contributed by atoms with Crippen LogP contribution in [-0.2, 0) is 19.0 Å². The summed E-state index contributed by atoms with van der Waals surface area (Å²) in [4.78, 5) is 12.3. The van der Waals surface area contributed by atoms with E-state index in [-0.39, 0.29) is 23.1 Å². The van der Waals surface area contributed by atoms with Crippen molar-refractivity contribution in [3.63, 3.8) is 0 Å². The Hall–Kier alpha value is -2.33. The average molecular weight is 424 g/mol. The number of carbonyl (C=O) groups is 1. The van der Waals surface area contributed by atoms with Crippen LogP contribution in [0.3, 0.4) is 0 Å². The molecule has 9 heteroatoms. The number of halogens is 2. The first-order valence-corrected chi connectivity index (χ1v) is 9.44. The van der Waals surface area contributed by atoms with Gasteiger partial charge in [-0.05, 0) is 23.8 Å². The standard InChI is InChI=1S/C17H14F2N2O2S.C3H8O2/c1-23-10-15(22)21-17(11-5-3-2-4-6-11)24-16(20-21)13-9-12(18)7-8-14(13)19;1-4-3-5-2/h2-9,17H,10H2,1H3;3H2,1-2H3. The summed E-state index contributed by atoms with van der Waals surface area (Å²) in [6.45, 7) is 0.242. The molecule has 0 aliphatic carbocycles. The number of thioether (sulfide) groups is 1. The van der Waals surface area contributed by atoms with E-state index in [0.29, 0.717) is 6.79 Å².